The van der Waals surface area contributed by atoms with Crippen molar-refractivity contribution >= 4 is 47.0 Å². The maximum Gasteiger partial charge on any atom is 0.282 e. The Hall–Kier alpha value is -5.56. The number of carbonyl (C=O) groups is 2. The number of nitrogens with one attached hydrogen (secondary N) is 2. The van der Waals surface area contributed by atoms with Crippen molar-refractivity contribution in [1.82, 2.24) is 15.0 Å². The molecule has 0 unspecified atom stereocenters. The van der Waals surface area contributed by atoms with Gasteiger partial charge in [-0.3, -0.25) is 14.6 Å². The normalized spacial score (nSPS) is 16.4. The summed E-state index contributed by atoms with van der Waals surface area (Å²) in [5.41, 5.74) is 15.6. The van der Waals surface area contributed by atoms with Crippen LogP contribution in [-0.4, -0.2) is 64.1 Å². The van der Waals surface area contributed by atoms with Crippen LogP contribution < -0.4 is 22.1 Å². The van der Waals surface area contributed by atoms with E-state index in [1.807, 2.05) is 43.3 Å². The van der Waals surface area contributed by atoms with Gasteiger partial charge in [-0.1, -0.05) is 35.9 Å². The third-order valence-corrected chi connectivity index (χ3v) is 7.63. The fraction of sp³-hybridized carbons (Fsp3) is 0.265. The molecule has 0 aliphatic carbocycles. The van der Waals surface area contributed by atoms with Crippen LogP contribution in [0.15, 0.2) is 89.2 Å². The number of hydrogen-bond donors (Lipinski definition) is 4. The Kier molecular flexibility index (Phi) is 11.5. The van der Waals surface area contributed by atoms with Crippen LogP contribution in [0.2, 0.25) is 5.02 Å². The first-order valence-electron chi connectivity index (χ1n) is 15.3. The van der Waals surface area contributed by atoms with E-state index >= 15 is 0 Å². The summed E-state index contributed by atoms with van der Waals surface area (Å²) >= 11 is 5.77. The van der Waals surface area contributed by atoms with Gasteiger partial charge in [0.2, 0.25) is 0 Å². The van der Waals surface area contributed by atoms with E-state index in [9.17, 15) is 9.59 Å². The molecule has 13 nitrogen and oxygen atoms in total. The van der Waals surface area contributed by atoms with Crippen molar-refractivity contribution in [3.05, 3.63) is 112 Å². The number of pyridine rings is 1. The number of amidine groups is 2. The second kappa shape index (κ2) is 16.3. The van der Waals surface area contributed by atoms with Gasteiger partial charge >= 0.3 is 0 Å². The third kappa shape index (κ3) is 10.2. The summed E-state index contributed by atoms with van der Waals surface area (Å²) in [6, 6.07) is 19.3. The van der Waals surface area contributed by atoms with E-state index in [1.54, 1.807) is 30.5 Å². The maximum atomic E-state index is 12.2. The molecule has 2 aromatic heterocycles. The van der Waals surface area contributed by atoms with Gasteiger partial charge in [-0.25, -0.2) is 20.0 Å². The summed E-state index contributed by atoms with van der Waals surface area (Å²) in [5, 5.41) is 6.06. The van der Waals surface area contributed by atoms with Gasteiger partial charge in [0, 0.05) is 23.6 Å². The van der Waals surface area contributed by atoms with Crippen LogP contribution in [0.4, 0.5) is 11.5 Å². The quantitative estimate of drug-likeness (QED) is 0.190. The summed E-state index contributed by atoms with van der Waals surface area (Å²) in [5.74, 6) is -0.0220. The molecule has 248 valence electrons. The molecular weight excluding hydrogens is 634 g/mol. The first-order valence-corrected chi connectivity index (χ1v) is 15.7. The molecule has 0 radical (unpaired) electrons. The molecule has 4 heterocycles. The Labute approximate surface area is 282 Å². The second-order valence-corrected chi connectivity index (χ2v) is 11.6. The first-order chi connectivity index (χ1) is 23.2. The first kappa shape index (κ1) is 33.8. The predicted octanol–water partition coefficient (Wildman–Crippen LogP) is 4.32. The van der Waals surface area contributed by atoms with E-state index < -0.39 is 0 Å². The van der Waals surface area contributed by atoms with Crippen LogP contribution in [-0.2, 0) is 22.3 Å². The Morgan fingerprint density at radius 2 is 1.35 bits per heavy atom. The molecule has 48 heavy (non-hydrogen) atoms. The van der Waals surface area contributed by atoms with Crippen molar-refractivity contribution in [3.8, 4) is 0 Å². The zero-order valence-electron chi connectivity index (χ0n) is 26.3. The summed E-state index contributed by atoms with van der Waals surface area (Å²) in [4.78, 5) is 44.8. The molecular formula is C34H36ClN9O4. The molecule has 14 heteroatoms. The minimum Gasteiger partial charge on any atom is -0.463 e. The van der Waals surface area contributed by atoms with Gasteiger partial charge in [-0.2, -0.15) is 0 Å². The second-order valence-electron chi connectivity index (χ2n) is 11.1. The third-order valence-electron chi connectivity index (χ3n) is 7.41. The molecule has 2 aromatic carbocycles. The molecule has 2 aliphatic rings. The zero-order valence-corrected chi connectivity index (χ0v) is 27.1. The van der Waals surface area contributed by atoms with Crippen LogP contribution in [0, 0.1) is 6.92 Å². The minimum atomic E-state index is -0.275. The summed E-state index contributed by atoms with van der Waals surface area (Å²) in [7, 11) is 0. The van der Waals surface area contributed by atoms with Crippen molar-refractivity contribution in [2.45, 2.75) is 44.7 Å². The zero-order chi connectivity index (χ0) is 33.9. The molecule has 0 saturated carbocycles. The van der Waals surface area contributed by atoms with Crippen LogP contribution in [0.5, 0.6) is 0 Å². The van der Waals surface area contributed by atoms with Gasteiger partial charge in [-0.05, 0) is 80.1 Å². The molecule has 0 bridgehead atoms. The lowest BCUT2D eigenvalue weighted by atomic mass is 10.0. The van der Waals surface area contributed by atoms with Gasteiger partial charge in [0.25, 0.3) is 23.9 Å². The summed E-state index contributed by atoms with van der Waals surface area (Å²) in [6.45, 7) is 2.92. The smallest absolute Gasteiger partial charge is 0.282 e. The van der Waals surface area contributed by atoms with E-state index in [2.05, 4.69) is 35.6 Å². The van der Waals surface area contributed by atoms with Crippen LogP contribution in [0.25, 0.3) is 0 Å². The Bertz CT molecular complexity index is 1750. The summed E-state index contributed by atoms with van der Waals surface area (Å²) < 4.78 is 10.3. The number of hydrogen-bond acceptors (Lipinski definition) is 11. The van der Waals surface area contributed by atoms with Gasteiger partial charge < -0.3 is 31.6 Å². The van der Waals surface area contributed by atoms with Gasteiger partial charge in [0.1, 0.15) is 24.7 Å². The van der Waals surface area contributed by atoms with Gasteiger partial charge in [0.05, 0.1) is 29.0 Å². The van der Waals surface area contributed by atoms with Crippen molar-refractivity contribution < 1.29 is 19.1 Å². The number of nitrogens with zero attached hydrogens (tertiary/aromatic N) is 5. The number of benzene rings is 2. The fourth-order valence-electron chi connectivity index (χ4n) is 4.76. The number of amides is 2. The number of halogens is 1. The lowest BCUT2D eigenvalue weighted by Crippen LogP contribution is -2.14. The molecule has 0 fully saturated rings. The van der Waals surface area contributed by atoms with Crippen LogP contribution in [0.1, 0.15) is 50.5 Å². The van der Waals surface area contributed by atoms with Gasteiger partial charge in [-0.15, -0.1) is 0 Å². The van der Waals surface area contributed by atoms with Gasteiger partial charge in [0.15, 0.2) is 0 Å². The highest BCUT2D eigenvalue weighted by Crippen LogP contribution is 2.16. The molecule has 2 amide bonds. The van der Waals surface area contributed by atoms with Crippen molar-refractivity contribution in [2.75, 3.05) is 23.8 Å². The number of ether oxygens (including phenoxy) is 2. The molecule has 6 N–H and O–H groups in total. The van der Waals surface area contributed by atoms with Crippen molar-refractivity contribution in [1.29, 1.82) is 0 Å². The maximum absolute atomic E-state index is 12.2. The Morgan fingerprint density at radius 1 is 0.750 bits per heavy atom. The van der Waals surface area contributed by atoms with Crippen LogP contribution >= 0.6 is 11.6 Å². The number of aliphatic imine (C=N–C) groups is 2. The standard InChI is InChI=1S/C17H17ClN4O2.C17H19N5O2/c18-13-6-8-15(20-9-13)22-16(23)12-4-1-11(2-5-12)3-7-14-10-24-17(19)21-14;1-11-8-20-15(9-19-11)16(23)21-13-5-2-12(3-6-13)4-7-14-10-24-17(18)22-14/h1-2,4-6,8-9,14H,3,7,10H2,(H2,19,21)(H,20,22,23);2-3,5-6,8-9,14H,4,7,10H2,1H3,(H2,18,22)(H,21,23)/t2*14-/m00/s1. The fourth-order valence-corrected chi connectivity index (χ4v) is 4.87. The van der Waals surface area contributed by atoms with E-state index in [1.165, 1.54) is 18.0 Å². The monoisotopic (exact) mass is 669 g/mol. The lowest BCUT2D eigenvalue weighted by molar-refractivity contribution is 0.101. The highest BCUT2D eigenvalue weighted by Gasteiger charge is 2.17. The molecule has 4 aromatic rings. The number of rotatable bonds is 10. The van der Waals surface area contributed by atoms with E-state index in [-0.39, 0.29) is 35.9 Å². The number of anilines is 2. The SMILES string of the molecule is Cc1cnc(C(=O)Nc2ccc(CC[C@H]3COC(N)=N3)cc2)cn1.NC1=N[C@@H](CCc2ccc(C(=O)Nc3ccc(Cl)cn3)cc2)CO1. The number of carbonyl (C=O) groups excluding carboxylic acids is 2. The Balaban J connectivity index is 0.000000188. The number of nitrogens with two attached hydrogens (primary N) is 2. The molecule has 2 atom stereocenters. The summed E-state index contributed by atoms with van der Waals surface area (Å²) in [6.07, 6.45) is 8.00. The molecule has 2 aliphatic heterocycles. The molecule has 6 rings (SSSR count). The average molecular weight is 670 g/mol. The molecule has 0 saturated heterocycles. The van der Waals surface area contributed by atoms with E-state index in [0.717, 1.165) is 42.6 Å². The number of aryl methyl sites for hydroxylation is 3. The van der Waals surface area contributed by atoms with E-state index in [0.29, 0.717) is 35.3 Å². The largest absolute Gasteiger partial charge is 0.463 e. The number of aromatic nitrogens is 3. The van der Waals surface area contributed by atoms with Crippen molar-refractivity contribution in [3.63, 3.8) is 0 Å². The topological polar surface area (TPSA) is 192 Å². The van der Waals surface area contributed by atoms with Crippen LogP contribution in [0.3, 0.4) is 0 Å². The lowest BCUT2D eigenvalue weighted by Gasteiger charge is -2.07. The van der Waals surface area contributed by atoms with E-state index in [4.69, 9.17) is 32.5 Å². The minimum absolute atomic E-state index is 0.115. The molecule has 0 spiro atoms. The highest BCUT2D eigenvalue weighted by molar-refractivity contribution is 6.30. The predicted molar refractivity (Wildman–Crippen MR) is 184 cm³/mol. The average Bonchev–Trinajstić information content (AvgIpc) is 3.72. The van der Waals surface area contributed by atoms with Crippen molar-refractivity contribution in [2.24, 2.45) is 21.5 Å². The highest BCUT2D eigenvalue weighted by atomic mass is 35.5. The Morgan fingerprint density at radius 3 is 1.85 bits per heavy atom.